The van der Waals surface area contributed by atoms with Crippen molar-refractivity contribution in [2.75, 3.05) is 55.2 Å². The van der Waals surface area contributed by atoms with E-state index in [1.807, 2.05) is 4.90 Å². The average molecular weight is 510 g/mol. The topological polar surface area (TPSA) is 169 Å². The standard InChI is InChI=1S/C24H27N7O6/c32-29(33)22-10-4-1-7-19(22)25-13-16-28(17-14-26-20-8-2-5-11-23(20)30(34)35)18-15-27-21-9-3-6-12-24(21)31(36)37/h1-12,25-27H,13-18H2. The summed E-state index contributed by atoms with van der Waals surface area (Å²) in [6, 6.07) is 19.1. The van der Waals surface area contributed by atoms with Crippen molar-refractivity contribution in [3.63, 3.8) is 0 Å². The third-order valence-corrected chi connectivity index (χ3v) is 5.53. The third-order valence-electron chi connectivity index (χ3n) is 5.53. The van der Waals surface area contributed by atoms with Crippen LogP contribution in [0.1, 0.15) is 0 Å². The zero-order valence-corrected chi connectivity index (χ0v) is 19.9. The van der Waals surface area contributed by atoms with E-state index in [0.29, 0.717) is 56.3 Å². The normalized spacial score (nSPS) is 10.6. The Balaban J connectivity index is 1.62. The molecule has 0 atom stereocenters. The predicted molar refractivity (Wildman–Crippen MR) is 141 cm³/mol. The van der Waals surface area contributed by atoms with E-state index in [2.05, 4.69) is 16.0 Å². The molecule has 0 heterocycles. The number of hydrogen-bond donors (Lipinski definition) is 3. The van der Waals surface area contributed by atoms with E-state index in [0.717, 1.165) is 0 Å². The molecule has 0 saturated heterocycles. The summed E-state index contributed by atoms with van der Waals surface area (Å²) in [7, 11) is 0. The molecular formula is C24H27N7O6. The second-order valence-electron chi connectivity index (χ2n) is 7.94. The average Bonchev–Trinajstić information content (AvgIpc) is 2.89. The maximum Gasteiger partial charge on any atom is 0.292 e. The first-order valence-corrected chi connectivity index (χ1v) is 11.5. The second-order valence-corrected chi connectivity index (χ2v) is 7.94. The third kappa shape index (κ3) is 7.86. The van der Waals surface area contributed by atoms with Crippen LogP contribution in [0, 0.1) is 30.3 Å². The summed E-state index contributed by atoms with van der Waals surface area (Å²) < 4.78 is 0. The van der Waals surface area contributed by atoms with Gasteiger partial charge in [0, 0.05) is 57.5 Å². The summed E-state index contributed by atoms with van der Waals surface area (Å²) in [6.45, 7) is 2.72. The molecule has 0 aromatic heterocycles. The molecule has 0 bridgehead atoms. The zero-order chi connectivity index (χ0) is 26.6. The van der Waals surface area contributed by atoms with Crippen LogP contribution in [0.4, 0.5) is 34.1 Å². The van der Waals surface area contributed by atoms with Crippen LogP contribution in [-0.4, -0.2) is 58.9 Å². The maximum absolute atomic E-state index is 11.3. The van der Waals surface area contributed by atoms with E-state index in [9.17, 15) is 30.3 Å². The van der Waals surface area contributed by atoms with Crippen LogP contribution in [0.25, 0.3) is 0 Å². The van der Waals surface area contributed by atoms with Crippen LogP contribution in [0.15, 0.2) is 72.8 Å². The number of benzene rings is 3. The fourth-order valence-corrected chi connectivity index (χ4v) is 3.73. The lowest BCUT2D eigenvalue weighted by Gasteiger charge is -2.23. The van der Waals surface area contributed by atoms with Gasteiger partial charge in [-0.15, -0.1) is 0 Å². The van der Waals surface area contributed by atoms with Crippen LogP contribution in [0.3, 0.4) is 0 Å². The minimum Gasteiger partial charge on any atom is -0.378 e. The smallest absolute Gasteiger partial charge is 0.292 e. The molecule has 0 spiro atoms. The van der Waals surface area contributed by atoms with Gasteiger partial charge in [-0.1, -0.05) is 36.4 Å². The van der Waals surface area contributed by atoms with Gasteiger partial charge in [0.2, 0.25) is 0 Å². The van der Waals surface area contributed by atoms with Gasteiger partial charge < -0.3 is 16.0 Å². The number of para-hydroxylation sites is 6. The lowest BCUT2D eigenvalue weighted by molar-refractivity contribution is -0.384. The molecule has 3 rings (SSSR count). The maximum atomic E-state index is 11.3. The van der Waals surface area contributed by atoms with E-state index >= 15 is 0 Å². The van der Waals surface area contributed by atoms with Crippen molar-refractivity contribution in [1.29, 1.82) is 0 Å². The van der Waals surface area contributed by atoms with Crippen LogP contribution in [0.5, 0.6) is 0 Å². The predicted octanol–water partition coefficient (Wildman–Crippen LogP) is 4.35. The summed E-state index contributed by atoms with van der Waals surface area (Å²) in [4.78, 5) is 34.5. The van der Waals surface area contributed by atoms with Gasteiger partial charge >= 0.3 is 0 Å². The largest absolute Gasteiger partial charge is 0.378 e. The lowest BCUT2D eigenvalue weighted by atomic mass is 10.2. The molecule has 0 radical (unpaired) electrons. The van der Waals surface area contributed by atoms with E-state index in [4.69, 9.17) is 0 Å². The molecule has 13 nitrogen and oxygen atoms in total. The fraction of sp³-hybridized carbons (Fsp3) is 0.250. The number of nitro benzene ring substituents is 3. The molecule has 37 heavy (non-hydrogen) atoms. The molecule has 0 aliphatic heterocycles. The summed E-state index contributed by atoms with van der Waals surface area (Å²) in [6.07, 6.45) is 0. The highest BCUT2D eigenvalue weighted by molar-refractivity contribution is 5.62. The van der Waals surface area contributed by atoms with Gasteiger partial charge in [-0.2, -0.15) is 0 Å². The molecule has 194 valence electrons. The van der Waals surface area contributed by atoms with Crippen molar-refractivity contribution < 1.29 is 14.8 Å². The molecule has 0 saturated carbocycles. The van der Waals surface area contributed by atoms with Crippen molar-refractivity contribution in [2.45, 2.75) is 0 Å². The number of nitrogens with zero attached hydrogens (tertiary/aromatic N) is 4. The SMILES string of the molecule is O=[N+]([O-])c1ccccc1NCCN(CCNc1ccccc1[N+](=O)[O-])CCNc1ccccc1[N+](=O)[O-]. The Morgan fingerprint density at radius 1 is 0.514 bits per heavy atom. The molecule has 3 aromatic rings. The first-order valence-electron chi connectivity index (χ1n) is 11.5. The number of nitrogens with one attached hydrogen (secondary N) is 3. The van der Waals surface area contributed by atoms with Crippen LogP contribution >= 0.6 is 0 Å². The number of nitro groups is 3. The summed E-state index contributed by atoms with van der Waals surface area (Å²) in [5.41, 5.74) is 1.15. The molecule has 3 aromatic carbocycles. The minimum atomic E-state index is -0.451. The molecule has 0 fully saturated rings. The second kappa shape index (κ2) is 13.3. The number of hydrogen-bond acceptors (Lipinski definition) is 10. The summed E-state index contributed by atoms with van der Waals surface area (Å²) >= 11 is 0. The van der Waals surface area contributed by atoms with Crippen LogP contribution in [-0.2, 0) is 0 Å². The van der Waals surface area contributed by atoms with Gasteiger partial charge in [-0.05, 0) is 18.2 Å². The first kappa shape index (κ1) is 26.8. The van der Waals surface area contributed by atoms with Crippen molar-refractivity contribution in [1.82, 2.24) is 4.90 Å². The minimum absolute atomic E-state index is 0.0230. The molecule has 0 aliphatic carbocycles. The van der Waals surface area contributed by atoms with Crippen molar-refractivity contribution in [3.8, 4) is 0 Å². The van der Waals surface area contributed by atoms with Gasteiger partial charge in [-0.3, -0.25) is 35.2 Å². The monoisotopic (exact) mass is 509 g/mol. The lowest BCUT2D eigenvalue weighted by Crippen LogP contribution is -2.36. The van der Waals surface area contributed by atoms with Gasteiger partial charge in [0.1, 0.15) is 17.1 Å². The van der Waals surface area contributed by atoms with Gasteiger partial charge in [0.15, 0.2) is 0 Å². The van der Waals surface area contributed by atoms with E-state index in [1.165, 1.54) is 18.2 Å². The van der Waals surface area contributed by atoms with Crippen molar-refractivity contribution in [2.24, 2.45) is 0 Å². The number of anilines is 3. The first-order chi connectivity index (χ1) is 17.9. The fourth-order valence-electron chi connectivity index (χ4n) is 3.73. The highest BCUT2D eigenvalue weighted by Crippen LogP contribution is 2.24. The Kier molecular flexibility index (Phi) is 9.67. The van der Waals surface area contributed by atoms with Crippen molar-refractivity contribution >= 4 is 34.1 Å². The molecule has 0 unspecified atom stereocenters. The molecular weight excluding hydrogens is 482 g/mol. The Hall–Kier alpha value is -4.78. The Morgan fingerprint density at radius 2 is 0.784 bits per heavy atom. The van der Waals surface area contributed by atoms with Gasteiger partial charge in [0.05, 0.1) is 14.8 Å². The Morgan fingerprint density at radius 3 is 1.05 bits per heavy atom. The highest BCUT2D eigenvalue weighted by Gasteiger charge is 2.15. The van der Waals surface area contributed by atoms with Crippen LogP contribution in [0.2, 0.25) is 0 Å². The Labute approximate surface area is 212 Å². The molecule has 13 heteroatoms. The number of rotatable bonds is 15. The van der Waals surface area contributed by atoms with Gasteiger partial charge in [0.25, 0.3) is 17.1 Å². The summed E-state index contributed by atoms with van der Waals surface area (Å²) in [5, 5.41) is 43.1. The molecule has 3 N–H and O–H groups in total. The zero-order valence-electron chi connectivity index (χ0n) is 19.9. The molecule has 0 amide bonds. The van der Waals surface area contributed by atoms with Crippen LogP contribution < -0.4 is 16.0 Å². The van der Waals surface area contributed by atoms with E-state index in [-0.39, 0.29) is 17.1 Å². The Bertz CT molecular complexity index is 1090. The van der Waals surface area contributed by atoms with Gasteiger partial charge in [-0.25, -0.2) is 0 Å². The highest BCUT2D eigenvalue weighted by atomic mass is 16.6. The van der Waals surface area contributed by atoms with E-state index < -0.39 is 14.8 Å². The van der Waals surface area contributed by atoms with Crippen molar-refractivity contribution in [3.05, 3.63) is 103 Å². The summed E-state index contributed by atoms with van der Waals surface area (Å²) in [5.74, 6) is 0. The molecule has 0 aliphatic rings. The quantitative estimate of drug-likeness (QED) is 0.198. The van der Waals surface area contributed by atoms with E-state index in [1.54, 1.807) is 54.6 Å².